The van der Waals surface area contributed by atoms with Gasteiger partial charge in [0.25, 0.3) is 0 Å². The summed E-state index contributed by atoms with van der Waals surface area (Å²) in [5.41, 5.74) is -0.0770. The Morgan fingerprint density at radius 3 is 1.82 bits per heavy atom. The van der Waals surface area contributed by atoms with E-state index < -0.39 is 0 Å². The van der Waals surface area contributed by atoms with E-state index in [0.717, 1.165) is 0 Å². The van der Waals surface area contributed by atoms with E-state index in [1.807, 2.05) is 13.8 Å². The predicted molar refractivity (Wildman–Crippen MR) is 38.8 cm³/mol. The maximum absolute atomic E-state index is 10.9. The van der Waals surface area contributed by atoms with Crippen LogP contribution >= 0.6 is 0 Å². The molecule has 0 spiro atoms. The van der Waals surface area contributed by atoms with Gasteiger partial charge in [0.05, 0.1) is 6.42 Å². The van der Waals surface area contributed by atoms with Crippen LogP contribution in [0.25, 0.3) is 0 Å². The van der Waals surface area contributed by atoms with Gasteiger partial charge in [-0.3, -0.25) is 9.59 Å². The molecule has 0 bridgehead atoms. The first-order valence-corrected chi connectivity index (χ1v) is 3.53. The number of hydrogen-bond donors (Lipinski definition) is 0. The Labute approximate surface area is 111 Å². The van der Waals surface area contributed by atoms with Crippen LogP contribution in [0.2, 0.25) is 0 Å². The van der Waals surface area contributed by atoms with E-state index in [1.54, 1.807) is 0 Å². The summed E-state index contributed by atoms with van der Waals surface area (Å²) in [5, 5.41) is 0. The second-order valence-electron chi connectivity index (χ2n) is 3.77. The molecule has 0 radical (unpaired) electrons. The Hall–Kier alpha value is 0.976. The first-order chi connectivity index (χ1) is 4.49. The smallest absolute Gasteiger partial charge is 1.00 e. The first kappa shape index (κ1) is 12.0. The van der Waals surface area contributed by atoms with E-state index in [4.69, 9.17) is 0 Å². The van der Waals surface area contributed by atoms with E-state index in [2.05, 4.69) is 0 Å². The van der Waals surface area contributed by atoms with Gasteiger partial charge in [0.15, 0.2) is 0 Å². The number of hydrogen-bond acceptors (Lipinski definition) is 2. The van der Waals surface area contributed by atoms with E-state index in [9.17, 15) is 9.59 Å². The van der Waals surface area contributed by atoms with Crippen LogP contribution in [0.15, 0.2) is 0 Å². The Kier molecular flexibility index (Phi) is 4.66. The van der Waals surface area contributed by atoms with Crippen LogP contribution in [0.3, 0.4) is 0 Å². The average molecular weight is 180 g/mol. The topological polar surface area (TPSA) is 34.1 Å². The Bertz CT molecular complexity index is 171. The second kappa shape index (κ2) is 4.28. The summed E-state index contributed by atoms with van der Waals surface area (Å²) in [6.45, 7) is 3.92. The van der Waals surface area contributed by atoms with Crippen molar-refractivity contribution in [1.82, 2.24) is 0 Å². The Balaban J connectivity index is 0. The maximum Gasteiger partial charge on any atom is 1.00 e. The standard InChI is InChI=1S/C8H12O2.K.H/c1-8(2)4-6(9)3-7(10)5-8;;/h3-5H2,1-2H3;;/q;+1;-1. The van der Waals surface area contributed by atoms with Gasteiger partial charge in [-0.05, 0) is 5.41 Å². The molecule has 0 amide bonds. The molecular weight excluding hydrogens is 167 g/mol. The van der Waals surface area contributed by atoms with Gasteiger partial charge < -0.3 is 1.43 Å². The fourth-order valence-corrected chi connectivity index (χ4v) is 1.47. The molecule has 0 heterocycles. The monoisotopic (exact) mass is 180 g/mol. The molecule has 0 aromatic carbocycles. The van der Waals surface area contributed by atoms with E-state index in [0.29, 0.717) is 12.8 Å². The van der Waals surface area contributed by atoms with Crippen molar-refractivity contribution in [1.29, 1.82) is 0 Å². The summed E-state index contributed by atoms with van der Waals surface area (Å²) in [7, 11) is 0. The summed E-state index contributed by atoms with van der Waals surface area (Å²) in [4.78, 5) is 21.7. The molecule has 0 aliphatic heterocycles. The fourth-order valence-electron chi connectivity index (χ4n) is 1.47. The molecule has 1 aliphatic carbocycles. The van der Waals surface area contributed by atoms with Crippen molar-refractivity contribution in [3.63, 3.8) is 0 Å². The third kappa shape index (κ3) is 3.94. The van der Waals surface area contributed by atoms with Crippen LogP contribution in [0.5, 0.6) is 0 Å². The van der Waals surface area contributed by atoms with Crippen molar-refractivity contribution < 1.29 is 62.4 Å². The fraction of sp³-hybridized carbons (Fsp3) is 0.750. The van der Waals surface area contributed by atoms with E-state index in [1.165, 1.54) is 0 Å². The van der Waals surface area contributed by atoms with Crippen molar-refractivity contribution >= 4 is 11.6 Å². The number of ketones is 2. The molecule has 3 heteroatoms. The quantitative estimate of drug-likeness (QED) is 0.334. The Morgan fingerprint density at radius 1 is 1.18 bits per heavy atom. The SMILES string of the molecule is CC1(C)CC(=O)CC(=O)C1.[H-].[K+]. The van der Waals surface area contributed by atoms with Crippen molar-refractivity contribution in [2.75, 3.05) is 0 Å². The minimum Gasteiger partial charge on any atom is -1.00 e. The normalized spacial score (nSPS) is 22.7. The van der Waals surface area contributed by atoms with Crippen LogP contribution in [-0.2, 0) is 9.59 Å². The molecule has 1 aliphatic rings. The molecule has 0 aromatic rings. The Morgan fingerprint density at radius 2 is 1.55 bits per heavy atom. The van der Waals surface area contributed by atoms with Crippen LogP contribution in [-0.4, -0.2) is 11.6 Å². The number of Topliss-reactive ketones (excluding diaryl/α,β-unsaturated/α-hetero) is 2. The summed E-state index contributed by atoms with van der Waals surface area (Å²) >= 11 is 0. The second-order valence-corrected chi connectivity index (χ2v) is 3.77. The molecule has 58 valence electrons. The number of rotatable bonds is 0. The average Bonchev–Trinajstić information content (AvgIpc) is 1.54. The van der Waals surface area contributed by atoms with Gasteiger partial charge in [-0.1, -0.05) is 13.8 Å². The molecule has 0 N–H and O–H groups in total. The van der Waals surface area contributed by atoms with Gasteiger partial charge in [0.2, 0.25) is 0 Å². The van der Waals surface area contributed by atoms with Crippen LogP contribution in [0.1, 0.15) is 34.5 Å². The van der Waals surface area contributed by atoms with Crippen molar-refractivity contribution in [2.45, 2.75) is 33.1 Å². The molecule has 0 unspecified atom stereocenters. The third-order valence-corrected chi connectivity index (χ3v) is 1.75. The largest absolute Gasteiger partial charge is 1.00 e. The van der Waals surface area contributed by atoms with Crippen LogP contribution in [0.4, 0.5) is 0 Å². The number of carbonyl (C=O) groups is 2. The third-order valence-electron chi connectivity index (χ3n) is 1.75. The van der Waals surface area contributed by atoms with Crippen molar-refractivity contribution in [3.8, 4) is 0 Å². The van der Waals surface area contributed by atoms with Crippen LogP contribution < -0.4 is 51.4 Å². The van der Waals surface area contributed by atoms with E-state index >= 15 is 0 Å². The predicted octanol–water partition coefficient (Wildman–Crippen LogP) is -1.55. The maximum atomic E-state index is 10.9. The molecule has 11 heavy (non-hydrogen) atoms. The van der Waals surface area contributed by atoms with Gasteiger partial charge in [-0.2, -0.15) is 0 Å². The van der Waals surface area contributed by atoms with Gasteiger partial charge in [-0.15, -0.1) is 0 Å². The molecule has 0 atom stereocenters. The van der Waals surface area contributed by atoms with E-state index in [-0.39, 0.29) is 76.2 Å². The van der Waals surface area contributed by atoms with Crippen molar-refractivity contribution in [2.24, 2.45) is 5.41 Å². The summed E-state index contributed by atoms with van der Waals surface area (Å²) in [6, 6.07) is 0. The van der Waals surface area contributed by atoms with Gasteiger partial charge >= 0.3 is 51.4 Å². The minimum absolute atomic E-state index is 0. The zero-order valence-electron chi connectivity index (χ0n) is 8.44. The van der Waals surface area contributed by atoms with Gasteiger partial charge in [0.1, 0.15) is 11.6 Å². The van der Waals surface area contributed by atoms with Gasteiger partial charge in [0, 0.05) is 12.8 Å². The molecule has 1 saturated carbocycles. The molecule has 2 nitrogen and oxygen atoms in total. The zero-order chi connectivity index (χ0) is 7.78. The molecule has 0 aromatic heterocycles. The molecular formula is C8H13KO2. The number of carbonyl (C=O) groups excluding carboxylic acids is 2. The summed E-state index contributed by atoms with van der Waals surface area (Å²) in [6.07, 6.45) is 1.31. The van der Waals surface area contributed by atoms with Crippen LogP contribution in [0, 0.1) is 5.41 Å². The molecule has 0 saturated heterocycles. The molecule has 1 rings (SSSR count). The summed E-state index contributed by atoms with van der Waals surface area (Å²) < 4.78 is 0. The minimum atomic E-state index is -0.0770. The first-order valence-electron chi connectivity index (χ1n) is 3.53. The molecule has 1 fully saturated rings. The van der Waals surface area contributed by atoms with Gasteiger partial charge in [-0.25, -0.2) is 0 Å². The summed E-state index contributed by atoms with van der Waals surface area (Å²) in [5.74, 6) is 0.197. The zero-order valence-corrected chi connectivity index (χ0v) is 10.6. The van der Waals surface area contributed by atoms with Crippen molar-refractivity contribution in [3.05, 3.63) is 0 Å².